The van der Waals surface area contributed by atoms with E-state index in [4.69, 9.17) is 4.89 Å². The third-order valence-corrected chi connectivity index (χ3v) is 3.33. The highest BCUT2D eigenvalue weighted by atomic mass is 31.2. The van der Waals surface area contributed by atoms with Crippen LogP contribution in [-0.4, -0.2) is 23.8 Å². The molecule has 3 nitrogen and oxygen atoms in total. The summed E-state index contributed by atoms with van der Waals surface area (Å²) < 4.78 is 53.3. The van der Waals surface area contributed by atoms with E-state index in [1.807, 2.05) is 0 Å². The van der Waals surface area contributed by atoms with Crippen LogP contribution in [0.1, 0.15) is 32.1 Å². The van der Waals surface area contributed by atoms with Crippen molar-refractivity contribution in [3.63, 3.8) is 0 Å². The molecule has 16 heavy (non-hydrogen) atoms. The van der Waals surface area contributed by atoms with E-state index in [0.29, 0.717) is 12.8 Å². The lowest BCUT2D eigenvalue weighted by atomic mass is 9.85. The summed E-state index contributed by atoms with van der Waals surface area (Å²) in [5, 5.41) is 0. The number of rotatable bonds is 3. The average molecular weight is 260 g/mol. The van der Waals surface area contributed by atoms with Crippen LogP contribution in [0.25, 0.3) is 0 Å². The van der Waals surface area contributed by atoms with Crippen molar-refractivity contribution in [3.8, 4) is 0 Å². The summed E-state index contributed by atoms with van der Waals surface area (Å²) in [5.41, 5.74) is 0. The van der Waals surface area contributed by atoms with Crippen LogP contribution in [0.15, 0.2) is 0 Å². The van der Waals surface area contributed by atoms with Gasteiger partial charge in [0.15, 0.2) is 6.10 Å². The lowest BCUT2D eigenvalue weighted by molar-refractivity contribution is -0.214. The van der Waals surface area contributed by atoms with E-state index in [2.05, 4.69) is 4.52 Å². The molecule has 0 aliphatic heterocycles. The lowest BCUT2D eigenvalue weighted by Gasteiger charge is -2.31. The third-order valence-electron chi connectivity index (χ3n) is 2.71. The maximum atomic E-state index is 12.7. The highest BCUT2D eigenvalue weighted by molar-refractivity contribution is 7.51. The molecule has 1 aliphatic rings. The summed E-state index contributed by atoms with van der Waals surface area (Å²) in [7, 11) is -4.10. The van der Waals surface area contributed by atoms with Gasteiger partial charge in [0.25, 0.3) is 0 Å². The molecule has 0 aromatic rings. The van der Waals surface area contributed by atoms with Gasteiger partial charge in [-0.05, 0) is 18.8 Å². The molecule has 1 N–H and O–H groups in total. The molecule has 0 spiro atoms. The number of halogens is 3. The van der Waals surface area contributed by atoms with E-state index < -0.39 is 25.8 Å². The Hall–Kier alpha value is -0.0600. The second-order valence-electron chi connectivity index (χ2n) is 4.27. The molecule has 2 atom stereocenters. The van der Waals surface area contributed by atoms with Gasteiger partial charge in [-0.15, -0.1) is 0 Å². The van der Waals surface area contributed by atoms with Crippen LogP contribution in [0, 0.1) is 5.92 Å². The fourth-order valence-electron chi connectivity index (χ4n) is 2.06. The Bertz CT molecular complexity index is 268. The summed E-state index contributed by atoms with van der Waals surface area (Å²) in [6, 6.07) is 0. The minimum absolute atomic E-state index is 0.407. The van der Waals surface area contributed by atoms with E-state index in [0.717, 1.165) is 25.9 Å². The number of alkyl halides is 3. The molecule has 0 saturated heterocycles. The van der Waals surface area contributed by atoms with Crippen LogP contribution in [0.5, 0.6) is 0 Å². The van der Waals surface area contributed by atoms with E-state index in [9.17, 15) is 17.7 Å². The topological polar surface area (TPSA) is 46.5 Å². The standard InChI is InChI=1S/C9H16F3O3P/c1-16(13,14)15-8(9(10,11)12)7-5-3-2-4-6-7/h7-8H,2-6H2,1H3,(H,13,14). The van der Waals surface area contributed by atoms with Gasteiger partial charge in [0, 0.05) is 6.66 Å². The van der Waals surface area contributed by atoms with Crippen LogP contribution < -0.4 is 0 Å². The van der Waals surface area contributed by atoms with Crippen LogP contribution in [0.2, 0.25) is 0 Å². The maximum absolute atomic E-state index is 12.7. The Labute approximate surface area is 92.5 Å². The van der Waals surface area contributed by atoms with Crippen LogP contribution >= 0.6 is 7.60 Å². The molecule has 7 heteroatoms. The van der Waals surface area contributed by atoms with Crippen molar-refractivity contribution in [1.29, 1.82) is 0 Å². The smallest absolute Gasteiger partial charge is 0.324 e. The van der Waals surface area contributed by atoms with Gasteiger partial charge in [-0.1, -0.05) is 19.3 Å². The third kappa shape index (κ3) is 4.44. The summed E-state index contributed by atoms with van der Waals surface area (Å²) in [4.78, 5) is 8.92. The molecule has 1 saturated carbocycles. The van der Waals surface area contributed by atoms with Gasteiger partial charge >= 0.3 is 13.8 Å². The zero-order chi connectivity index (χ0) is 12.4. The zero-order valence-corrected chi connectivity index (χ0v) is 9.93. The first-order valence-electron chi connectivity index (χ1n) is 5.25. The van der Waals surface area contributed by atoms with E-state index in [1.54, 1.807) is 0 Å². The maximum Gasteiger partial charge on any atom is 0.415 e. The van der Waals surface area contributed by atoms with E-state index in [1.165, 1.54) is 0 Å². The van der Waals surface area contributed by atoms with Gasteiger partial charge in [-0.25, -0.2) is 0 Å². The SMILES string of the molecule is CP(=O)(O)OC(C1CCCCC1)C(F)(F)F. The minimum Gasteiger partial charge on any atom is -0.324 e. The normalized spacial score (nSPS) is 25.1. The van der Waals surface area contributed by atoms with E-state index >= 15 is 0 Å². The number of hydrogen-bond donors (Lipinski definition) is 1. The van der Waals surface area contributed by atoms with Crippen molar-refractivity contribution in [3.05, 3.63) is 0 Å². The molecular weight excluding hydrogens is 244 g/mol. The van der Waals surface area contributed by atoms with Gasteiger partial charge in [-0.3, -0.25) is 9.09 Å². The quantitative estimate of drug-likeness (QED) is 0.792. The van der Waals surface area contributed by atoms with Crippen molar-refractivity contribution in [2.24, 2.45) is 5.92 Å². The first kappa shape index (κ1) is 14.0. The van der Waals surface area contributed by atoms with Gasteiger partial charge < -0.3 is 4.89 Å². The molecule has 0 amide bonds. The molecule has 0 heterocycles. The van der Waals surface area contributed by atoms with Crippen molar-refractivity contribution >= 4 is 7.60 Å². The first-order chi connectivity index (χ1) is 7.20. The molecular formula is C9H16F3O3P. The molecule has 0 bridgehead atoms. The van der Waals surface area contributed by atoms with Gasteiger partial charge in [0.05, 0.1) is 0 Å². The summed E-state index contributed by atoms with van der Waals surface area (Å²) in [6.07, 6.45) is -3.50. The van der Waals surface area contributed by atoms with Crippen LogP contribution in [0.4, 0.5) is 13.2 Å². The molecule has 0 radical (unpaired) electrons. The summed E-state index contributed by atoms with van der Waals surface area (Å²) in [5.74, 6) is -0.686. The molecule has 2 unspecified atom stereocenters. The fraction of sp³-hybridized carbons (Fsp3) is 1.00. The Balaban J connectivity index is 2.74. The Morgan fingerprint density at radius 3 is 2.19 bits per heavy atom. The fourth-order valence-corrected chi connectivity index (χ4v) is 2.77. The largest absolute Gasteiger partial charge is 0.415 e. The second kappa shape index (κ2) is 5.07. The zero-order valence-electron chi connectivity index (χ0n) is 9.04. The van der Waals surface area contributed by atoms with Crippen molar-refractivity contribution < 1.29 is 27.2 Å². The van der Waals surface area contributed by atoms with Gasteiger partial charge in [-0.2, -0.15) is 13.2 Å². The highest BCUT2D eigenvalue weighted by Gasteiger charge is 2.48. The first-order valence-corrected chi connectivity index (χ1v) is 7.28. The Morgan fingerprint density at radius 2 is 1.81 bits per heavy atom. The lowest BCUT2D eigenvalue weighted by Crippen LogP contribution is -2.38. The monoisotopic (exact) mass is 260 g/mol. The molecule has 1 fully saturated rings. The van der Waals surface area contributed by atoms with Crippen molar-refractivity contribution in [1.82, 2.24) is 0 Å². The molecule has 96 valence electrons. The van der Waals surface area contributed by atoms with Gasteiger partial charge in [0.2, 0.25) is 0 Å². The molecule has 0 aromatic heterocycles. The average Bonchev–Trinajstić information content (AvgIpc) is 2.13. The second-order valence-corrected chi connectivity index (χ2v) is 6.09. The summed E-state index contributed by atoms with van der Waals surface area (Å²) >= 11 is 0. The molecule has 1 rings (SSSR count). The molecule has 0 aromatic carbocycles. The predicted molar refractivity (Wildman–Crippen MR) is 53.3 cm³/mol. The predicted octanol–water partition coefficient (Wildman–Crippen LogP) is 3.33. The van der Waals surface area contributed by atoms with E-state index in [-0.39, 0.29) is 0 Å². The Kier molecular flexibility index (Phi) is 4.43. The van der Waals surface area contributed by atoms with Crippen molar-refractivity contribution in [2.45, 2.75) is 44.4 Å². The van der Waals surface area contributed by atoms with Crippen LogP contribution in [0.3, 0.4) is 0 Å². The summed E-state index contributed by atoms with van der Waals surface area (Å²) in [6.45, 7) is 0.786. The highest BCUT2D eigenvalue weighted by Crippen LogP contribution is 2.46. The van der Waals surface area contributed by atoms with Crippen molar-refractivity contribution in [2.75, 3.05) is 6.66 Å². The Morgan fingerprint density at radius 1 is 1.31 bits per heavy atom. The minimum atomic E-state index is -4.57. The van der Waals surface area contributed by atoms with Crippen LogP contribution in [-0.2, 0) is 9.09 Å². The molecule has 1 aliphatic carbocycles. The number of hydrogen-bond acceptors (Lipinski definition) is 2. The van der Waals surface area contributed by atoms with Gasteiger partial charge in [0.1, 0.15) is 0 Å².